The van der Waals surface area contributed by atoms with Gasteiger partial charge in [-0.2, -0.15) is 0 Å². The van der Waals surface area contributed by atoms with Crippen LogP contribution in [0.25, 0.3) is 0 Å². The molecule has 0 saturated heterocycles. The van der Waals surface area contributed by atoms with Gasteiger partial charge in [0.25, 0.3) is 0 Å². The quantitative estimate of drug-likeness (QED) is 0.0283. The summed E-state index contributed by atoms with van der Waals surface area (Å²) in [5, 5.41) is 14.3. The normalized spacial score (nSPS) is 22.4. The van der Waals surface area contributed by atoms with Crippen LogP contribution >= 0.6 is 22.6 Å². The van der Waals surface area contributed by atoms with Crippen molar-refractivity contribution in [2.75, 3.05) is 0 Å². The molecule has 0 aliphatic heterocycles. The van der Waals surface area contributed by atoms with Gasteiger partial charge in [0.2, 0.25) is 5.91 Å². The molecule has 0 radical (unpaired) electrons. The Bertz CT molecular complexity index is 1160. The number of hydrogen-bond donors (Lipinski definition) is 2. The van der Waals surface area contributed by atoms with Crippen LogP contribution in [0.1, 0.15) is 121 Å². The number of esters is 1. The Morgan fingerprint density at radius 1 is 1.02 bits per heavy atom. The molecule has 0 fully saturated rings. The van der Waals surface area contributed by atoms with Gasteiger partial charge in [-0.1, -0.05) is 12.2 Å². The zero-order chi connectivity index (χ0) is 37.0. The van der Waals surface area contributed by atoms with Gasteiger partial charge < -0.3 is 10.1 Å². The molecule has 0 unspecified atom stereocenters. The van der Waals surface area contributed by atoms with E-state index in [1.54, 1.807) is 6.08 Å². The van der Waals surface area contributed by atoms with Gasteiger partial charge in [-0.15, -0.1) is 0 Å². The van der Waals surface area contributed by atoms with E-state index in [-0.39, 0.29) is 17.2 Å². The molecule has 278 valence electrons. The third kappa shape index (κ3) is 17.3. The van der Waals surface area contributed by atoms with Crippen molar-refractivity contribution in [1.29, 1.82) is 0 Å². The molecule has 1 rings (SSSR count). The summed E-state index contributed by atoms with van der Waals surface area (Å²) in [6, 6.07) is -0.461. The van der Waals surface area contributed by atoms with Crippen molar-refractivity contribution >= 4 is 52.8 Å². The van der Waals surface area contributed by atoms with Gasteiger partial charge in [0.05, 0.1) is 6.04 Å². The SMILES string of the molecule is CCC[CH2][Sn](/[CH]=C/[C@]1(C)CCC=C[C@@H]1/C=C(C)/C=C/[C@@H](C)[C@@H](O)[C@H](C)[C@H](OC(=O)/C=C/C=C(/C)I)[C@@H](C)NC(C)=O)([CH2]CCC)[CH2]CCC. The Morgan fingerprint density at radius 3 is 2.14 bits per heavy atom. The van der Waals surface area contributed by atoms with Crippen molar-refractivity contribution in [1.82, 2.24) is 5.32 Å². The second-order valence-electron chi connectivity index (χ2n) is 15.0. The Morgan fingerprint density at radius 2 is 1.61 bits per heavy atom. The summed E-state index contributed by atoms with van der Waals surface area (Å²) in [6.07, 6.45) is 27.7. The first-order valence-electron chi connectivity index (χ1n) is 19.0. The molecule has 0 aromatic heterocycles. The number of rotatable bonds is 22. The second kappa shape index (κ2) is 24.2. The molecular weight excluding hydrogens is 828 g/mol. The standard InChI is InChI=1S/C30H43INO4.3C4H9.Sn/c1-9-30(8)18-11-10-14-26(30)19-20(2)16-17-21(3)28(35)23(5)29(24(6)32-25(7)33)36-27(34)15-12-13-22(4)31;3*1-3-4-2;/h1,9-10,12-17,19,21,23-24,26,28-29,35H,11,18H2,2-8H3,(H,32,33);3*1,3-4H2,2H3;/b9-1?,15-12+,17-16+,20-19+,22-13-;;;;/t21-,23+,24-,26-,28-,29+,30-;;;;/m1..../s1. The Labute approximate surface area is 318 Å². The third-order valence-corrected chi connectivity index (χ3v) is 24.7. The Kier molecular flexibility index (Phi) is 22.6. The molecule has 2 N–H and O–H groups in total. The van der Waals surface area contributed by atoms with Crippen LogP contribution in [0.3, 0.4) is 0 Å². The monoisotopic (exact) mass is 899 g/mol. The molecule has 0 heterocycles. The number of carbonyl (C=O) groups is 2. The first-order valence-corrected chi connectivity index (χ1v) is 27.8. The van der Waals surface area contributed by atoms with E-state index < -0.39 is 48.5 Å². The number of amides is 1. The number of allylic oxidation sites excluding steroid dienone is 9. The van der Waals surface area contributed by atoms with Crippen LogP contribution in [0.4, 0.5) is 0 Å². The number of aliphatic hydroxyl groups is 1. The summed E-state index contributed by atoms with van der Waals surface area (Å²) in [5.41, 5.74) is 1.28. The maximum absolute atomic E-state index is 12.7. The van der Waals surface area contributed by atoms with Crippen LogP contribution < -0.4 is 5.32 Å². The van der Waals surface area contributed by atoms with E-state index in [1.807, 2.05) is 33.8 Å². The molecule has 7 atom stereocenters. The molecule has 7 heteroatoms. The van der Waals surface area contributed by atoms with Crippen molar-refractivity contribution in [3.05, 3.63) is 67.9 Å². The van der Waals surface area contributed by atoms with Crippen molar-refractivity contribution in [3.63, 3.8) is 0 Å². The molecule has 0 bridgehead atoms. The fraction of sp³-hybridized carbons (Fsp3) is 0.667. The molecule has 1 aliphatic rings. The predicted molar refractivity (Wildman–Crippen MR) is 221 cm³/mol. The number of carbonyl (C=O) groups excluding carboxylic acids is 2. The predicted octanol–water partition coefficient (Wildman–Crippen LogP) is 11.4. The van der Waals surface area contributed by atoms with Gasteiger partial charge in [0.15, 0.2) is 0 Å². The average molecular weight is 899 g/mol. The summed E-state index contributed by atoms with van der Waals surface area (Å²) >= 11 is -0.228. The van der Waals surface area contributed by atoms with Crippen LogP contribution in [0.2, 0.25) is 13.3 Å². The fourth-order valence-electron chi connectivity index (χ4n) is 6.97. The van der Waals surface area contributed by atoms with Gasteiger partial charge in [-0.25, -0.2) is 4.79 Å². The van der Waals surface area contributed by atoms with E-state index in [1.165, 1.54) is 70.4 Å². The zero-order valence-electron chi connectivity index (χ0n) is 32.6. The van der Waals surface area contributed by atoms with Gasteiger partial charge in [0, 0.05) is 13.0 Å². The van der Waals surface area contributed by atoms with Gasteiger partial charge in [-0.05, 0) is 40.0 Å². The van der Waals surface area contributed by atoms with Crippen LogP contribution in [0.15, 0.2) is 67.9 Å². The van der Waals surface area contributed by atoms with Gasteiger partial charge >= 0.3 is 224 Å². The molecule has 49 heavy (non-hydrogen) atoms. The van der Waals surface area contributed by atoms with Gasteiger partial charge in [0.1, 0.15) is 0 Å². The van der Waals surface area contributed by atoms with E-state index in [0.29, 0.717) is 5.92 Å². The molecule has 1 amide bonds. The third-order valence-electron chi connectivity index (χ3n) is 10.3. The summed E-state index contributed by atoms with van der Waals surface area (Å²) in [5.74, 6) is -0.993. The summed E-state index contributed by atoms with van der Waals surface area (Å²) in [6.45, 7) is 20.7. The number of aliphatic hydroxyl groups excluding tert-OH is 1. The zero-order valence-corrected chi connectivity index (χ0v) is 37.6. The van der Waals surface area contributed by atoms with Crippen LogP contribution in [0.5, 0.6) is 0 Å². The van der Waals surface area contributed by atoms with Crippen molar-refractivity contribution in [2.45, 2.75) is 152 Å². The van der Waals surface area contributed by atoms with E-state index in [4.69, 9.17) is 4.74 Å². The summed E-state index contributed by atoms with van der Waals surface area (Å²) in [7, 11) is 0. The number of nitrogens with one attached hydrogen (secondary N) is 1. The Balaban J connectivity index is 3.22. The second-order valence-corrected chi connectivity index (χ2v) is 29.7. The molecule has 0 aromatic carbocycles. The first-order chi connectivity index (χ1) is 23.1. The minimum atomic E-state index is -2.40. The molecule has 0 saturated carbocycles. The van der Waals surface area contributed by atoms with Crippen LogP contribution in [0, 0.1) is 23.2 Å². The molecular formula is C42H70INO4Sn. The molecule has 1 aliphatic carbocycles. The van der Waals surface area contributed by atoms with Crippen molar-refractivity contribution in [3.8, 4) is 0 Å². The van der Waals surface area contributed by atoms with E-state index >= 15 is 0 Å². The number of hydrogen-bond acceptors (Lipinski definition) is 4. The topological polar surface area (TPSA) is 75.6 Å². The molecule has 5 nitrogen and oxygen atoms in total. The van der Waals surface area contributed by atoms with E-state index in [0.717, 1.165) is 16.4 Å². The van der Waals surface area contributed by atoms with Crippen LogP contribution in [-0.2, 0) is 14.3 Å². The summed E-state index contributed by atoms with van der Waals surface area (Å²) < 4.78 is 14.2. The van der Waals surface area contributed by atoms with Gasteiger partial charge in [-0.3, -0.25) is 4.79 Å². The van der Waals surface area contributed by atoms with Crippen molar-refractivity contribution in [2.24, 2.45) is 23.2 Å². The maximum atomic E-state index is 12.7. The van der Waals surface area contributed by atoms with E-state index in [2.05, 4.69) is 103 Å². The number of unbranched alkanes of at least 4 members (excludes halogenated alkanes) is 3. The first kappa shape index (κ1) is 45.9. The average Bonchev–Trinajstić information content (AvgIpc) is 3.05. The molecule has 0 aromatic rings. The summed E-state index contributed by atoms with van der Waals surface area (Å²) in [4.78, 5) is 24.5. The Hall–Kier alpha value is -1.13. The fourth-order valence-corrected chi connectivity index (χ4v) is 21.9. The van der Waals surface area contributed by atoms with E-state index in [9.17, 15) is 14.7 Å². The number of halogens is 1. The number of ether oxygens (including phenoxy) is 1. The molecule has 0 spiro atoms. The van der Waals surface area contributed by atoms with Crippen molar-refractivity contribution < 1.29 is 19.4 Å². The van der Waals surface area contributed by atoms with Crippen LogP contribution in [-0.4, -0.2) is 53.6 Å². The minimum absolute atomic E-state index is 0.104.